The molecule has 0 radical (unpaired) electrons. The van der Waals surface area contributed by atoms with E-state index < -0.39 is 6.10 Å². The quantitative estimate of drug-likeness (QED) is 0.437. The number of ether oxygens (including phenoxy) is 1. The molecule has 3 rings (SSSR count). The second-order valence-corrected chi connectivity index (χ2v) is 4.08. The highest BCUT2D eigenvalue weighted by atomic mass is 16.5. The summed E-state index contributed by atoms with van der Waals surface area (Å²) in [4.78, 5) is 11.5. The lowest BCUT2D eigenvalue weighted by molar-refractivity contribution is -0.127. The van der Waals surface area contributed by atoms with Crippen molar-refractivity contribution < 1.29 is 9.53 Å². The first-order valence-electron chi connectivity index (χ1n) is 5.47. The van der Waals surface area contributed by atoms with Crippen LogP contribution in [0.25, 0.3) is 10.8 Å². The van der Waals surface area contributed by atoms with Gasteiger partial charge in [0.2, 0.25) is 0 Å². The summed E-state index contributed by atoms with van der Waals surface area (Å²) in [6, 6.07) is 12.0. The predicted octanol–water partition coefficient (Wildman–Crippen LogP) is 1.13. The van der Waals surface area contributed by atoms with Gasteiger partial charge in [0.25, 0.3) is 5.91 Å². The Morgan fingerprint density at radius 1 is 1.29 bits per heavy atom. The van der Waals surface area contributed by atoms with Crippen LogP contribution in [0.15, 0.2) is 36.4 Å². The van der Waals surface area contributed by atoms with Gasteiger partial charge in [-0.2, -0.15) is 0 Å². The van der Waals surface area contributed by atoms with E-state index in [9.17, 15) is 4.79 Å². The average molecular weight is 228 g/mol. The van der Waals surface area contributed by atoms with Gasteiger partial charge in [-0.15, -0.1) is 0 Å². The summed E-state index contributed by atoms with van der Waals surface area (Å²) < 4.78 is 5.58. The van der Waals surface area contributed by atoms with Crippen LogP contribution >= 0.6 is 0 Å². The molecule has 17 heavy (non-hydrogen) atoms. The summed E-state index contributed by atoms with van der Waals surface area (Å²) in [5.74, 6) is 5.61. The van der Waals surface area contributed by atoms with Gasteiger partial charge in [0.1, 0.15) is 5.75 Å². The van der Waals surface area contributed by atoms with Crippen molar-refractivity contribution in [2.45, 2.75) is 12.5 Å². The highest BCUT2D eigenvalue weighted by Crippen LogP contribution is 2.34. The molecule has 86 valence electrons. The predicted molar refractivity (Wildman–Crippen MR) is 64.4 cm³/mol. The van der Waals surface area contributed by atoms with Crippen LogP contribution in [0.5, 0.6) is 5.75 Å². The van der Waals surface area contributed by atoms with Crippen molar-refractivity contribution in [1.82, 2.24) is 5.43 Å². The lowest BCUT2D eigenvalue weighted by Crippen LogP contribution is -2.41. The second kappa shape index (κ2) is 3.75. The molecule has 0 saturated carbocycles. The Morgan fingerprint density at radius 3 is 2.94 bits per heavy atom. The molecule has 2 aromatic rings. The van der Waals surface area contributed by atoms with Crippen LogP contribution in [-0.4, -0.2) is 12.0 Å². The Balaban J connectivity index is 2.08. The molecule has 0 unspecified atom stereocenters. The monoisotopic (exact) mass is 228 g/mol. The Labute approximate surface area is 98.3 Å². The van der Waals surface area contributed by atoms with Gasteiger partial charge in [-0.3, -0.25) is 10.2 Å². The topological polar surface area (TPSA) is 64.3 Å². The van der Waals surface area contributed by atoms with Gasteiger partial charge >= 0.3 is 0 Å². The van der Waals surface area contributed by atoms with Crippen LogP contribution < -0.4 is 16.0 Å². The van der Waals surface area contributed by atoms with Crippen LogP contribution in [-0.2, 0) is 11.2 Å². The van der Waals surface area contributed by atoms with E-state index in [0.717, 1.165) is 22.1 Å². The number of nitrogens with one attached hydrogen (secondary N) is 1. The Morgan fingerprint density at radius 2 is 2.12 bits per heavy atom. The summed E-state index contributed by atoms with van der Waals surface area (Å²) in [5, 5.41) is 2.29. The molecule has 0 bridgehead atoms. The Hall–Kier alpha value is -2.07. The van der Waals surface area contributed by atoms with Crippen LogP contribution in [0.4, 0.5) is 0 Å². The van der Waals surface area contributed by atoms with Crippen molar-refractivity contribution in [3.63, 3.8) is 0 Å². The molecule has 1 aliphatic rings. The minimum absolute atomic E-state index is 0.287. The van der Waals surface area contributed by atoms with Crippen LogP contribution in [0.2, 0.25) is 0 Å². The van der Waals surface area contributed by atoms with E-state index in [2.05, 4.69) is 5.43 Å². The van der Waals surface area contributed by atoms with Gasteiger partial charge in [-0.05, 0) is 16.8 Å². The average Bonchev–Trinajstić information content (AvgIpc) is 2.82. The van der Waals surface area contributed by atoms with Gasteiger partial charge in [-0.1, -0.05) is 30.3 Å². The number of carbonyl (C=O) groups is 1. The van der Waals surface area contributed by atoms with E-state index in [1.165, 1.54) is 0 Å². The molecular formula is C13H12N2O2. The Bertz CT molecular complexity index is 595. The van der Waals surface area contributed by atoms with Crippen molar-refractivity contribution in [3.05, 3.63) is 42.0 Å². The molecule has 0 saturated heterocycles. The van der Waals surface area contributed by atoms with E-state index in [4.69, 9.17) is 10.6 Å². The van der Waals surface area contributed by atoms with Crippen molar-refractivity contribution in [3.8, 4) is 5.75 Å². The number of hydrogen-bond acceptors (Lipinski definition) is 3. The molecule has 4 heteroatoms. The third kappa shape index (κ3) is 1.54. The molecule has 1 heterocycles. The summed E-state index contributed by atoms with van der Waals surface area (Å²) in [6.45, 7) is 0. The molecule has 0 aliphatic carbocycles. The zero-order valence-electron chi connectivity index (χ0n) is 9.14. The van der Waals surface area contributed by atoms with E-state index >= 15 is 0 Å². The third-order valence-electron chi connectivity index (χ3n) is 3.09. The van der Waals surface area contributed by atoms with E-state index in [-0.39, 0.29) is 5.91 Å². The standard InChI is InChI=1S/C13H12N2O2/c14-15-13(16)12-7-10-9-4-2-1-3-8(9)5-6-11(10)17-12/h1-6,12H,7,14H2,(H,15,16)/t12-/m0/s1. The summed E-state index contributed by atoms with van der Waals surface area (Å²) in [7, 11) is 0. The molecule has 0 aromatic heterocycles. The van der Waals surface area contributed by atoms with Crippen molar-refractivity contribution in [2.75, 3.05) is 0 Å². The molecule has 1 aliphatic heterocycles. The molecule has 1 atom stereocenters. The maximum Gasteiger partial charge on any atom is 0.275 e. The lowest BCUT2D eigenvalue weighted by atomic mass is 10.0. The molecule has 2 aromatic carbocycles. The molecule has 3 N–H and O–H groups in total. The van der Waals surface area contributed by atoms with E-state index in [0.29, 0.717) is 6.42 Å². The first-order valence-corrected chi connectivity index (χ1v) is 5.47. The number of amides is 1. The summed E-state index contributed by atoms with van der Waals surface area (Å²) in [6.07, 6.45) is 0.0560. The minimum Gasteiger partial charge on any atom is -0.480 e. The molecule has 0 spiro atoms. The van der Waals surface area contributed by atoms with Crippen LogP contribution in [0, 0.1) is 0 Å². The zero-order chi connectivity index (χ0) is 11.8. The molecule has 4 nitrogen and oxygen atoms in total. The van der Waals surface area contributed by atoms with Gasteiger partial charge < -0.3 is 4.74 Å². The number of nitrogens with two attached hydrogens (primary N) is 1. The maximum atomic E-state index is 11.5. The van der Waals surface area contributed by atoms with Gasteiger partial charge in [0.15, 0.2) is 6.10 Å². The molecular weight excluding hydrogens is 216 g/mol. The second-order valence-electron chi connectivity index (χ2n) is 4.08. The largest absolute Gasteiger partial charge is 0.480 e. The number of rotatable bonds is 1. The fraction of sp³-hybridized carbons (Fsp3) is 0.154. The summed E-state index contributed by atoms with van der Waals surface area (Å²) >= 11 is 0. The van der Waals surface area contributed by atoms with Gasteiger partial charge in [-0.25, -0.2) is 5.84 Å². The number of benzene rings is 2. The number of fused-ring (bicyclic) bond motifs is 3. The molecule has 0 fully saturated rings. The Kier molecular flexibility index (Phi) is 2.23. The fourth-order valence-corrected chi connectivity index (χ4v) is 2.26. The first-order chi connectivity index (χ1) is 8.29. The summed E-state index contributed by atoms with van der Waals surface area (Å²) in [5.41, 5.74) is 3.21. The van der Waals surface area contributed by atoms with E-state index in [1.54, 1.807) is 0 Å². The third-order valence-corrected chi connectivity index (χ3v) is 3.09. The van der Waals surface area contributed by atoms with Crippen LogP contribution in [0.3, 0.4) is 0 Å². The molecule has 1 amide bonds. The van der Waals surface area contributed by atoms with Gasteiger partial charge in [0, 0.05) is 12.0 Å². The van der Waals surface area contributed by atoms with E-state index in [1.807, 2.05) is 36.4 Å². The van der Waals surface area contributed by atoms with Crippen LogP contribution in [0.1, 0.15) is 5.56 Å². The highest BCUT2D eigenvalue weighted by Gasteiger charge is 2.29. The smallest absolute Gasteiger partial charge is 0.275 e. The maximum absolute atomic E-state index is 11.5. The lowest BCUT2D eigenvalue weighted by Gasteiger charge is -2.07. The number of carbonyl (C=O) groups excluding carboxylic acids is 1. The first kappa shape index (κ1) is 10.1. The van der Waals surface area contributed by atoms with Gasteiger partial charge in [0.05, 0.1) is 0 Å². The van der Waals surface area contributed by atoms with Crippen molar-refractivity contribution in [1.29, 1.82) is 0 Å². The zero-order valence-corrected chi connectivity index (χ0v) is 9.14. The SMILES string of the molecule is NNC(=O)[C@@H]1Cc2c(ccc3ccccc23)O1. The normalized spacial score (nSPS) is 17.6. The minimum atomic E-state index is -0.513. The number of hydrazine groups is 1. The fourth-order valence-electron chi connectivity index (χ4n) is 2.26. The van der Waals surface area contributed by atoms with Crippen molar-refractivity contribution in [2.24, 2.45) is 5.84 Å². The number of hydrogen-bond donors (Lipinski definition) is 2. The van der Waals surface area contributed by atoms with Crippen molar-refractivity contribution >= 4 is 16.7 Å². The highest BCUT2D eigenvalue weighted by molar-refractivity contribution is 5.90.